The van der Waals surface area contributed by atoms with Gasteiger partial charge in [0, 0.05) is 21.2 Å². The molecule has 0 fully saturated rings. The summed E-state index contributed by atoms with van der Waals surface area (Å²) in [7, 11) is 1.27. The Morgan fingerprint density at radius 1 is 0.971 bits per heavy atom. The first kappa shape index (κ1) is 23.8. The number of rotatable bonds is 5. The molecule has 1 N–H and O–H groups in total. The first-order chi connectivity index (χ1) is 16.3. The SMILES string of the molecule is COC(=O)c1ccc(NC(=O)c2nn(-c3ccc(Cl)cc3Cl)c(-c3ccc(Cl)cc3)c2C)cn1. The second-order valence-electron chi connectivity index (χ2n) is 7.21. The molecule has 0 radical (unpaired) electrons. The van der Waals surface area contributed by atoms with Gasteiger partial charge in [-0.1, -0.05) is 46.9 Å². The molecule has 2 heterocycles. The number of methoxy groups -OCH3 is 1. The van der Waals surface area contributed by atoms with E-state index < -0.39 is 11.9 Å². The molecule has 2 aromatic heterocycles. The van der Waals surface area contributed by atoms with Crippen LogP contribution in [-0.4, -0.2) is 33.8 Å². The molecule has 0 bridgehead atoms. The van der Waals surface area contributed by atoms with Gasteiger partial charge >= 0.3 is 5.97 Å². The van der Waals surface area contributed by atoms with E-state index >= 15 is 0 Å². The normalized spacial score (nSPS) is 10.7. The van der Waals surface area contributed by atoms with Crippen LogP contribution in [0.2, 0.25) is 15.1 Å². The van der Waals surface area contributed by atoms with Gasteiger partial charge in [-0.2, -0.15) is 5.10 Å². The molecule has 1 amide bonds. The largest absolute Gasteiger partial charge is 0.464 e. The van der Waals surface area contributed by atoms with E-state index in [9.17, 15) is 9.59 Å². The third kappa shape index (κ3) is 4.77. The molecular formula is C24H17Cl3N4O3. The first-order valence-corrected chi connectivity index (χ1v) is 11.1. The number of benzene rings is 2. The molecule has 172 valence electrons. The zero-order chi connectivity index (χ0) is 24.4. The summed E-state index contributed by atoms with van der Waals surface area (Å²) in [6.07, 6.45) is 1.37. The van der Waals surface area contributed by atoms with Crippen molar-refractivity contribution in [2.75, 3.05) is 12.4 Å². The number of aromatic nitrogens is 3. The minimum Gasteiger partial charge on any atom is -0.464 e. The second kappa shape index (κ2) is 9.85. The Balaban J connectivity index is 1.76. The molecular weight excluding hydrogens is 499 g/mol. The van der Waals surface area contributed by atoms with Crippen molar-refractivity contribution < 1.29 is 14.3 Å². The van der Waals surface area contributed by atoms with Gasteiger partial charge in [0.1, 0.15) is 5.69 Å². The molecule has 34 heavy (non-hydrogen) atoms. The van der Waals surface area contributed by atoms with Crippen LogP contribution in [0.1, 0.15) is 26.5 Å². The third-order valence-corrected chi connectivity index (χ3v) is 5.80. The van der Waals surface area contributed by atoms with Crippen LogP contribution in [0.4, 0.5) is 5.69 Å². The number of halogens is 3. The Bertz CT molecular complexity index is 1380. The van der Waals surface area contributed by atoms with E-state index in [2.05, 4.69) is 20.1 Å². The zero-order valence-corrected chi connectivity index (χ0v) is 20.2. The lowest BCUT2D eigenvalue weighted by Crippen LogP contribution is -2.15. The van der Waals surface area contributed by atoms with E-state index in [-0.39, 0.29) is 11.4 Å². The maximum atomic E-state index is 13.1. The molecule has 10 heteroatoms. The predicted molar refractivity (Wildman–Crippen MR) is 132 cm³/mol. The van der Waals surface area contributed by atoms with Crippen LogP contribution in [0.3, 0.4) is 0 Å². The molecule has 0 aliphatic carbocycles. The van der Waals surface area contributed by atoms with Crippen molar-refractivity contribution in [1.82, 2.24) is 14.8 Å². The van der Waals surface area contributed by atoms with Crippen molar-refractivity contribution in [1.29, 1.82) is 0 Å². The minimum atomic E-state index is -0.570. The summed E-state index contributed by atoms with van der Waals surface area (Å²) in [5, 5.41) is 8.76. The van der Waals surface area contributed by atoms with Gasteiger partial charge in [-0.05, 0) is 49.4 Å². The van der Waals surface area contributed by atoms with E-state index in [0.29, 0.717) is 37.7 Å². The van der Waals surface area contributed by atoms with Crippen LogP contribution in [0.25, 0.3) is 16.9 Å². The molecule has 0 saturated carbocycles. The Morgan fingerprint density at radius 3 is 2.29 bits per heavy atom. The molecule has 7 nitrogen and oxygen atoms in total. The van der Waals surface area contributed by atoms with Gasteiger partial charge in [-0.25, -0.2) is 14.5 Å². The molecule has 0 aliphatic rings. The average molecular weight is 516 g/mol. The van der Waals surface area contributed by atoms with Gasteiger partial charge in [0.25, 0.3) is 5.91 Å². The number of carbonyl (C=O) groups is 2. The Kier molecular flexibility index (Phi) is 6.88. The summed E-state index contributed by atoms with van der Waals surface area (Å²) in [4.78, 5) is 28.7. The molecule has 0 atom stereocenters. The minimum absolute atomic E-state index is 0.128. The van der Waals surface area contributed by atoms with Gasteiger partial charge in [0.05, 0.1) is 35.4 Å². The highest BCUT2D eigenvalue weighted by Gasteiger charge is 2.23. The fourth-order valence-corrected chi connectivity index (χ4v) is 3.98. The number of amides is 1. The van der Waals surface area contributed by atoms with Crippen LogP contribution in [0.5, 0.6) is 0 Å². The molecule has 0 saturated heterocycles. The number of hydrogen-bond acceptors (Lipinski definition) is 5. The van der Waals surface area contributed by atoms with E-state index in [4.69, 9.17) is 34.8 Å². The lowest BCUT2D eigenvalue weighted by atomic mass is 10.1. The van der Waals surface area contributed by atoms with Crippen molar-refractivity contribution >= 4 is 52.4 Å². The molecule has 4 aromatic rings. The number of pyridine rings is 1. The Morgan fingerprint density at radius 2 is 1.68 bits per heavy atom. The highest BCUT2D eigenvalue weighted by atomic mass is 35.5. The number of nitrogens with one attached hydrogen (secondary N) is 1. The van der Waals surface area contributed by atoms with Gasteiger partial charge < -0.3 is 10.1 Å². The number of ether oxygens (including phenoxy) is 1. The standard InChI is InChI=1S/C24H17Cl3N4O3/c1-13-21(23(32)29-17-8-9-19(28-12-17)24(33)34-2)30-31(20-10-7-16(26)11-18(20)27)22(13)14-3-5-15(25)6-4-14/h3-12H,1-2H3,(H,29,32). The lowest BCUT2D eigenvalue weighted by molar-refractivity contribution is 0.0594. The Labute approximate surface area is 210 Å². The number of anilines is 1. The highest BCUT2D eigenvalue weighted by molar-refractivity contribution is 6.35. The number of carbonyl (C=O) groups excluding carboxylic acids is 2. The monoisotopic (exact) mass is 514 g/mol. The predicted octanol–water partition coefficient (Wildman–Crippen LogP) is 6.24. The van der Waals surface area contributed by atoms with Crippen LogP contribution in [0.15, 0.2) is 60.8 Å². The van der Waals surface area contributed by atoms with E-state index in [0.717, 1.165) is 5.56 Å². The van der Waals surface area contributed by atoms with Crippen LogP contribution < -0.4 is 5.32 Å². The van der Waals surface area contributed by atoms with Crippen molar-refractivity contribution in [2.45, 2.75) is 6.92 Å². The summed E-state index contributed by atoms with van der Waals surface area (Å²) in [5.74, 6) is -1.02. The summed E-state index contributed by atoms with van der Waals surface area (Å²) >= 11 is 18.6. The third-order valence-electron chi connectivity index (χ3n) is 5.01. The van der Waals surface area contributed by atoms with Crippen molar-refractivity contribution in [3.8, 4) is 16.9 Å². The lowest BCUT2D eigenvalue weighted by Gasteiger charge is -2.11. The maximum Gasteiger partial charge on any atom is 0.356 e. The summed E-state index contributed by atoms with van der Waals surface area (Å²) in [6.45, 7) is 1.80. The van der Waals surface area contributed by atoms with Crippen molar-refractivity contribution in [3.05, 3.63) is 92.8 Å². The van der Waals surface area contributed by atoms with Crippen LogP contribution in [-0.2, 0) is 4.74 Å². The van der Waals surface area contributed by atoms with Gasteiger partial charge in [0.15, 0.2) is 5.69 Å². The number of hydrogen-bond donors (Lipinski definition) is 1. The van der Waals surface area contributed by atoms with Gasteiger partial charge in [0.2, 0.25) is 0 Å². The van der Waals surface area contributed by atoms with E-state index in [1.807, 2.05) is 12.1 Å². The fourth-order valence-electron chi connectivity index (χ4n) is 3.37. The zero-order valence-electron chi connectivity index (χ0n) is 18.0. The second-order valence-corrected chi connectivity index (χ2v) is 8.49. The maximum absolute atomic E-state index is 13.1. The fraction of sp³-hybridized carbons (Fsp3) is 0.0833. The molecule has 0 unspecified atom stereocenters. The summed E-state index contributed by atoms with van der Waals surface area (Å²) in [6, 6.07) is 15.2. The van der Waals surface area contributed by atoms with E-state index in [1.54, 1.807) is 48.0 Å². The molecule has 0 aliphatic heterocycles. The summed E-state index contributed by atoms with van der Waals surface area (Å²) in [5.41, 5.74) is 3.36. The van der Waals surface area contributed by atoms with Crippen molar-refractivity contribution in [2.24, 2.45) is 0 Å². The van der Waals surface area contributed by atoms with Crippen molar-refractivity contribution in [3.63, 3.8) is 0 Å². The first-order valence-electron chi connectivity index (χ1n) is 9.95. The number of esters is 1. The van der Waals surface area contributed by atoms with Gasteiger partial charge in [-0.15, -0.1) is 0 Å². The van der Waals surface area contributed by atoms with E-state index in [1.165, 1.54) is 19.4 Å². The number of nitrogens with zero attached hydrogens (tertiary/aromatic N) is 3. The summed E-state index contributed by atoms with van der Waals surface area (Å²) < 4.78 is 6.24. The quantitative estimate of drug-likeness (QED) is 0.318. The average Bonchev–Trinajstić information content (AvgIpc) is 3.16. The highest BCUT2D eigenvalue weighted by Crippen LogP contribution is 2.33. The smallest absolute Gasteiger partial charge is 0.356 e. The Hall–Kier alpha value is -3.39. The molecule has 2 aromatic carbocycles. The van der Waals surface area contributed by atoms with Crippen LogP contribution in [0, 0.1) is 6.92 Å². The molecule has 0 spiro atoms. The molecule has 4 rings (SSSR count). The topological polar surface area (TPSA) is 86.1 Å². The van der Waals surface area contributed by atoms with Gasteiger partial charge in [-0.3, -0.25) is 4.79 Å². The van der Waals surface area contributed by atoms with Crippen LogP contribution >= 0.6 is 34.8 Å².